The number of benzene rings is 2. The maximum Gasteiger partial charge on any atom is 0.262 e. The van der Waals surface area contributed by atoms with Gasteiger partial charge in [-0.3, -0.25) is 9.36 Å². The Bertz CT molecular complexity index is 879. The van der Waals surface area contributed by atoms with Gasteiger partial charge in [-0.1, -0.05) is 11.6 Å². The number of rotatable bonds is 3. The maximum atomic E-state index is 12.9. The van der Waals surface area contributed by atoms with Crippen LogP contribution < -0.4 is 4.74 Å². The van der Waals surface area contributed by atoms with E-state index in [2.05, 4.69) is 6.92 Å². The van der Waals surface area contributed by atoms with Crippen LogP contribution in [0.5, 0.6) is 5.75 Å². The molecule has 0 spiro atoms. The van der Waals surface area contributed by atoms with Gasteiger partial charge in [-0.25, -0.2) is 0 Å². The molecule has 0 atom stereocenters. The van der Waals surface area contributed by atoms with E-state index in [9.17, 15) is 4.79 Å². The summed E-state index contributed by atoms with van der Waals surface area (Å²) in [4.78, 5) is 12.9. The molecule has 0 unspecified atom stereocenters. The van der Waals surface area contributed by atoms with Gasteiger partial charge in [0.05, 0.1) is 12.6 Å². The summed E-state index contributed by atoms with van der Waals surface area (Å²) in [5.74, 6) is 0.692. The van der Waals surface area contributed by atoms with Gasteiger partial charge in [-0.05, 0) is 68.3 Å². The van der Waals surface area contributed by atoms with Crippen LogP contribution in [0.2, 0.25) is 5.02 Å². The van der Waals surface area contributed by atoms with E-state index in [-0.39, 0.29) is 5.91 Å². The van der Waals surface area contributed by atoms with Crippen molar-refractivity contribution in [1.29, 1.82) is 0 Å². The molecule has 3 nitrogen and oxygen atoms in total. The molecule has 3 aromatic rings. The van der Waals surface area contributed by atoms with Crippen LogP contribution in [0.15, 0.2) is 42.5 Å². The van der Waals surface area contributed by atoms with Crippen LogP contribution in [-0.4, -0.2) is 17.6 Å². The summed E-state index contributed by atoms with van der Waals surface area (Å²) in [5.41, 5.74) is 3.42. The first-order valence-corrected chi connectivity index (χ1v) is 7.72. The molecule has 117 valence electrons. The van der Waals surface area contributed by atoms with Gasteiger partial charge in [-0.15, -0.1) is 0 Å². The SMILES string of the molecule is [CH2]Cc1c(C)n(C(=O)c2ccc(Cl)cc2)c2ccc(OC)cc12. The van der Waals surface area contributed by atoms with Crippen molar-refractivity contribution in [3.05, 3.63) is 71.2 Å². The normalized spacial score (nSPS) is 11.0. The Balaban J connectivity index is 2.22. The van der Waals surface area contributed by atoms with Crippen molar-refractivity contribution >= 4 is 28.4 Å². The van der Waals surface area contributed by atoms with Crippen LogP contribution in [0.1, 0.15) is 21.6 Å². The Labute approximate surface area is 140 Å². The Kier molecular flexibility index (Phi) is 4.14. The molecule has 23 heavy (non-hydrogen) atoms. The zero-order valence-corrected chi connectivity index (χ0v) is 13.9. The number of carbonyl (C=O) groups is 1. The topological polar surface area (TPSA) is 31.2 Å². The summed E-state index contributed by atoms with van der Waals surface area (Å²) < 4.78 is 7.03. The second-order valence-electron chi connectivity index (χ2n) is 5.34. The third kappa shape index (κ3) is 2.62. The van der Waals surface area contributed by atoms with E-state index in [1.54, 1.807) is 35.9 Å². The standard InChI is InChI=1S/C19H17ClNO2/c1-4-16-12(2)21(18-10-9-15(23-3)11-17(16)18)19(22)13-5-7-14(20)8-6-13/h5-11H,1,4H2,2-3H3. The Morgan fingerprint density at radius 3 is 2.52 bits per heavy atom. The lowest BCUT2D eigenvalue weighted by molar-refractivity contribution is 0.0963. The molecule has 0 saturated carbocycles. The van der Waals surface area contributed by atoms with Crippen LogP contribution in [0, 0.1) is 13.8 Å². The molecule has 0 aliphatic heterocycles. The average molecular weight is 327 g/mol. The molecule has 0 amide bonds. The van der Waals surface area contributed by atoms with Crippen molar-refractivity contribution in [2.24, 2.45) is 0 Å². The van der Waals surface area contributed by atoms with Crippen LogP contribution in [0.3, 0.4) is 0 Å². The van der Waals surface area contributed by atoms with Crippen LogP contribution >= 0.6 is 11.6 Å². The Hall–Kier alpha value is -2.26. The van der Waals surface area contributed by atoms with E-state index in [1.165, 1.54) is 0 Å². The molecule has 0 N–H and O–H groups in total. The number of carbonyl (C=O) groups excluding carboxylic acids is 1. The molecule has 0 fully saturated rings. The second kappa shape index (κ2) is 6.09. The van der Waals surface area contributed by atoms with E-state index < -0.39 is 0 Å². The average Bonchev–Trinajstić information content (AvgIpc) is 2.85. The molecule has 0 bridgehead atoms. The smallest absolute Gasteiger partial charge is 0.262 e. The summed E-state index contributed by atoms with van der Waals surface area (Å²) in [6.07, 6.45) is 0.608. The Morgan fingerprint density at radius 2 is 1.91 bits per heavy atom. The van der Waals surface area contributed by atoms with E-state index >= 15 is 0 Å². The lowest BCUT2D eigenvalue weighted by Gasteiger charge is -2.08. The van der Waals surface area contributed by atoms with Gasteiger partial charge in [0.2, 0.25) is 0 Å². The number of hydrogen-bond acceptors (Lipinski definition) is 2. The van der Waals surface area contributed by atoms with E-state index in [1.807, 2.05) is 25.1 Å². The first-order chi connectivity index (χ1) is 11.1. The highest BCUT2D eigenvalue weighted by Gasteiger charge is 2.19. The highest BCUT2D eigenvalue weighted by Crippen LogP contribution is 2.30. The van der Waals surface area contributed by atoms with Crippen LogP contribution in [0.4, 0.5) is 0 Å². The van der Waals surface area contributed by atoms with Gasteiger partial charge in [0.15, 0.2) is 0 Å². The lowest BCUT2D eigenvalue weighted by atomic mass is 10.1. The Morgan fingerprint density at radius 1 is 1.22 bits per heavy atom. The van der Waals surface area contributed by atoms with Crippen molar-refractivity contribution in [2.45, 2.75) is 13.3 Å². The molecule has 3 rings (SSSR count). The zero-order chi connectivity index (χ0) is 16.6. The molecule has 1 heterocycles. The minimum atomic E-state index is -0.0750. The number of aromatic nitrogens is 1. The fourth-order valence-electron chi connectivity index (χ4n) is 2.89. The number of hydrogen-bond donors (Lipinski definition) is 0. The molecule has 0 aliphatic carbocycles. The van der Waals surface area contributed by atoms with Crippen LogP contribution in [-0.2, 0) is 6.42 Å². The monoisotopic (exact) mass is 326 g/mol. The van der Waals surface area contributed by atoms with E-state index in [4.69, 9.17) is 16.3 Å². The molecular weight excluding hydrogens is 310 g/mol. The maximum absolute atomic E-state index is 12.9. The number of nitrogens with zero attached hydrogens (tertiary/aromatic N) is 1. The molecule has 0 saturated heterocycles. The zero-order valence-electron chi connectivity index (χ0n) is 13.1. The fourth-order valence-corrected chi connectivity index (χ4v) is 3.01. The van der Waals surface area contributed by atoms with Crippen LogP contribution in [0.25, 0.3) is 10.9 Å². The van der Waals surface area contributed by atoms with Crippen molar-refractivity contribution in [1.82, 2.24) is 4.57 Å². The number of halogens is 1. The third-order valence-electron chi connectivity index (χ3n) is 4.09. The summed E-state index contributed by atoms with van der Waals surface area (Å²) >= 11 is 5.91. The molecule has 1 aromatic heterocycles. The van der Waals surface area contributed by atoms with Crippen molar-refractivity contribution in [2.75, 3.05) is 7.11 Å². The molecular formula is C19H17ClNO2. The predicted molar refractivity (Wildman–Crippen MR) is 93.5 cm³/mol. The summed E-state index contributed by atoms with van der Waals surface area (Å²) in [6, 6.07) is 12.7. The quantitative estimate of drug-likeness (QED) is 0.700. The van der Waals surface area contributed by atoms with Gasteiger partial charge in [0.1, 0.15) is 5.75 Å². The summed E-state index contributed by atoms with van der Waals surface area (Å²) in [6.45, 7) is 5.94. The van der Waals surface area contributed by atoms with E-state index in [0.29, 0.717) is 17.0 Å². The summed E-state index contributed by atoms with van der Waals surface area (Å²) in [7, 11) is 1.63. The molecule has 4 heteroatoms. The second-order valence-corrected chi connectivity index (χ2v) is 5.78. The van der Waals surface area contributed by atoms with Crippen molar-refractivity contribution < 1.29 is 9.53 Å². The minimum Gasteiger partial charge on any atom is -0.497 e. The van der Waals surface area contributed by atoms with Gasteiger partial charge in [-0.2, -0.15) is 0 Å². The summed E-state index contributed by atoms with van der Waals surface area (Å²) in [5, 5.41) is 1.61. The minimum absolute atomic E-state index is 0.0750. The van der Waals surface area contributed by atoms with Crippen molar-refractivity contribution in [3.8, 4) is 5.75 Å². The lowest BCUT2D eigenvalue weighted by Crippen LogP contribution is -2.13. The van der Waals surface area contributed by atoms with Crippen molar-refractivity contribution in [3.63, 3.8) is 0 Å². The first kappa shape index (κ1) is 15.6. The largest absolute Gasteiger partial charge is 0.497 e. The van der Waals surface area contributed by atoms with Gasteiger partial charge in [0, 0.05) is 21.7 Å². The first-order valence-electron chi connectivity index (χ1n) is 7.34. The number of ether oxygens (including phenoxy) is 1. The molecule has 2 aromatic carbocycles. The predicted octanol–water partition coefficient (Wildman–Crippen LogP) is 4.68. The van der Waals surface area contributed by atoms with E-state index in [0.717, 1.165) is 27.9 Å². The number of methoxy groups -OCH3 is 1. The highest BCUT2D eigenvalue weighted by molar-refractivity contribution is 6.30. The number of fused-ring (bicyclic) bond motifs is 1. The molecule has 0 aliphatic rings. The third-order valence-corrected chi connectivity index (χ3v) is 4.34. The molecule has 1 radical (unpaired) electrons. The fraction of sp³-hybridized carbons (Fsp3) is 0.158. The van der Waals surface area contributed by atoms with Gasteiger partial charge < -0.3 is 4.74 Å². The highest BCUT2D eigenvalue weighted by atomic mass is 35.5. The van der Waals surface area contributed by atoms with Gasteiger partial charge >= 0.3 is 0 Å². The van der Waals surface area contributed by atoms with Gasteiger partial charge in [0.25, 0.3) is 5.91 Å².